The lowest BCUT2D eigenvalue weighted by molar-refractivity contribution is 0.468. The Labute approximate surface area is 166 Å². The highest BCUT2D eigenvalue weighted by atomic mass is 32.2. The zero-order chi connectivity index (χ0) is 19.8. The summed E-state index contributed by atoms with van der Waals surface area (Å²) in [4.78, 5) is 2.35. The van der Waals surface area contributed by atoms with Gasteiger partial charge in [-0.15, -0.1) is 11.3 Å². The van der Waals surface area contributed by atoms with Crippen molar-refractivity contribution in [1.29, 1.82) is 0 Å². The van der Waals surface area contributed by atoms with Gasteiger partial charge in [0.05, 0.1) is 6.04 Å². The minimum atomic E-state index is -3.59. The molecular weight excluding hydrogens is 378 g/mol. The van der Waals surface area contributed by atoms with Crippen LogP contribution >= 0.6 is 11.3 Å². The summed E-state index contributed by atoms with van der Waals surface area (Å²) in [6.07, 6.45) is 0. The van der Waals surface area contributed by atoms with Crippen LogP contribution < -0.4 is 15.6 Å². The summed E-state index contributed by atoms with van der Waals surface area (Å²) in [7, 11) is -3.59. The smallest absolute Gasteiger partial charge is 0.242 e. The first-order chi connectivity index (χ1) is 12.7. The van der Waals surface area contributed by atoms with Gasteiger partial charge < -0.3 is 0 Å². The number of hydrogen-bond donors (Lipinski definition) is 3. The molecule has 3 rings (SSSR count). The summed E-state index contributed by atoms with van der Waals surface area (Å²) in [6, 6.07) is 10.3. The van der Waals surface area contributed by atoms with E-state index in [1.54, 1.807) is 11.3 Å². The minimum Gasteiger partial charge on any atom is -0.254 e. The maximum Gasteiger partial charge on any atom is 0.242 e. The van der Waals surface area contributed by atoms with E-state index in [0.29, 0.717) is 17.4 Å². The first-order valence-electron chi connectivity index (χ1n) is 9.38. The SMILES string of the molecule is Cc1sc(C)c(S(=O)(=O)NCC(C)c2ccccc2)c1C1NNC(C)C1C. The molecule has 0 saturated carbocycles. The molecule has 0 spiro atoms. The third-order valence-corrected chi connectivity index (χ3v) is 8.33. The molecule has 2 aromatic rings. The first kappa shape index (κ1) is 20.5. The number of rotatable bonds is 6. The fraction of sp³-hybridized carbons (Fsp3) is 0.500. The van der Waals surface area contributed by atoms with Gasteiger partial charge in [-0.3, -0.25) is 5.43 Å². The molecule has 2 heterocycles. The fourth-order valence-corrected chi connectivity index (χ4v) is 6.77. The van der Waals surface area contributed by atoms with Crippen LogP contribution in [0.15, 0.2) is 35.2 Å². The highest BCUT2D eigenvalue weighted by molar-refractivity contribution is 7.89. The van der Waals surface area contributed by atoms with Crippen molar-refractivity contribution in [2.45, 2.75) is 57.5 Å². The van der Waals surface area contributed by atoms with Crippen LogP contribution in [0.4, 0.5) is 0 Å². The van der Waals surface area contributed by atoms with Gasteiger partial charge in [-0.05, 0) is 38.2 Å². The topological polar surface area (TPSA) is 70.2 Å². The maximum absolute atomic E-state index is 13.2. The van der Waals surface area contributed by atoms with E-state index in [1.807, 2.05) is 51.1 Å². The van der Waals surface area contributed by atoms with E-state index in [-0.39, 0.29) is 18.0 Å². The summed E-state index contributed by atoms with van der Waals surface area (Å²) in [5, 5.41) is 0. The molecular formula is C20H29N3O2S2. The summed E-state index contributed by atoms with van der Waals surface area (Å²) < 4.78 is 29.3. The van der Waals surface area contributed by atoms with Crippen LogP contribution in [-0.2, 0) is 10.0 Å². The van der Waals surface area contributed by atoms with E-state index in [0.717, 1.165) is 20.9 Å². The molecule has 1 saturated heterocycles. The molecule has 1 fully saturated rings. The molecule has 0 aliphatic carbocycles. The third kappa shape index (κ3) is 4.12. The molecule has 0 bridgehead atoms. The molecule has 1 aliphatic rings. The Bertz CT molecular complexity index is 893. The van der Waals surface area contributed by atoms with Gasteiger partial charge in [0.25, 0.3) is 0 Å². The van der Waals surface area contributed by atoms with Gasteiger partial charge in [0, 0.05) is 27.9 Å². The summed E-state index contributed by atoms with van der Waals surface area (Å²) in [5.74, 6) is 0.407. The molecule has 4 atom stereocenters. The largest absolute Gasteiger partial charge is 0.254 e. The molecule has 1 aliphatic heterocycles. The lowest BCUT2D eigenvalue weighted by Crippen LogP contribution is -2.31. The Kier molecular flexibility index (Phi) is 6.08. The lowest BCUT2D eigenvalue weighted by Gasteiger charge is -2.20. The Hall–Kier alpha value is -1.25. The van der Waals surface area contributed by atoms with Gasteiger partial charge >= 0.3 is 0 Å². The number of aryl methyl sites for hydroxylation is 2. The predicted molar refractivity (Wildman–Crippen MR) is 111 cm³/mol. The Morgan fingerprint density at radius 2 is 1.78 bits per heavy atom. The molecule has 7 heteroatoms. The van der Waals surface area contributed by atoms with E-state index in [2.05, 4.69) is 29.4 Å². The predicted octanol–water partition coefficient (Wildman–Crippen LogP) is 3.62. The van der Waals surface area contributed by atoms with Crippen molar-refractivity contribution in [3.8, 4) is 0 Å². The van der Waals surface area contributed by atoms with Crippen LogP contribution in [0.25, 0.3) is 0 Å². The Morgan fingerprint density at radius 1 is 1.11 bits per heavy atom. The second kappa shape index (κ2) is 8.01. The van der Waals surface area contributed by atoms with Crippen LogP contribution in [0.2, 0.25) is 0 Å². The Morgan fingerprint density at radius 3 is 2.37 bits per heavy atom. The van der Waals surface area contributed by atoms with Crippen molar-refractivity contribution in [3.63, 3.8) is 0 Å². The summed E-state index contributed by atoms with van der Waals surface area (Å²) in [5.41, 5.74) is 8.57. The van der Waals surface area contributed by atoms with E-state index < -0.39 is 10.0 Å². The lowest BCUT2D eigenvalue weighted by atomic mass is 9.92. The van der Waals surface area contributed by atoms with Gasteiger partial charge in [0.2, 0.25) is 10.0 Å². The second-order valence-corrected chi connectivity index (χ2v) is 10.7. The molecule has 148 valence electrons. The second-order valence-electron chi connectivity index (χ2n) is 7.54. The zero-order valence-electron chi connectivity index (χ0n) is 16.5. The zero-order valence-corrected chi connectivity index (χ0v) is 18.2. The van der Waals surface area contributed by atoms with E-state index in [1.165, 1.54) is 0 Å². The highest BCUT2D eigenvalue weighted by Gasteiger charge is 2.37. The van der Waals surface area contributed by atoms with Gasteiger partial charge in [0.1, 0.15) is 4.90 Å². The molecule has 1 aromatic heterocycles. The number of sulfonamides is 1. The van der Waals surface area contributed by atoms with Gasteiger partial charge in [-0.25, -0.2) is 18.6 Å². The molecule has 3 N–H and O–H groups in total. The van der Waals surface area contributed by atoms with Crippen LogP contribution in [0, 0.1) is 19.8 Å². The van der Waals surface area contributed by atoms with Crippen molar-refractivity contribution in [2.24, 2.45) is 5.92 Å². The quantitative estimate of drug-likeness (QED) is 0.684. The van der Waals surface area contributed by atoms with Crippen LogP contribution in [0.5, 0.6) is 0 Å². The van der Waals surface area contributed by atoms with Crippen molar-refractivity contribution >= 4 is 21.4 Å². The number of hydrogen-bond acceptors (Lipinski definition) is 5. The molecule has 1 aromatic carbocycles. The van der Waals surface area contributed by atoms with Crippen LogP contribution in [0.1, 0.15) is 53.6 Å². The van der Waals surface area contributed by atoms with Gasteiger partial charge in [0.15, 0.2) is 0 Å². The third-order valence-electron chi connectivity index (χ3n) is 5.56. The highest BCUT2D eigenvalue weighted by Crippen LogP contribution is 2.40. The number of thiophene rings is 1. The van der Waals surface area contributed by atoms with Gasteiger partial charge in [-0.1, -0.05) is 44.2 Å². The first-order valence-corrected chi connectivity index (χ1v) is 11.7. The maximum atomic E-state index is 13.2. The van der Waals surface area contributed by atoms with E-state index in [4.69, 9.17) is 0 Å². The molecule has 0 radical (unpaired) electrons. The van der Waals surface area contributed by atoms with Crippen molar-refractivity contribution in [1.82, 2.24) is 15.6 Å². The van der Waals surface area contributed by atoms with Crippen molar-refractivity contribution in [2.75, 3.05) is 6.54 Å². The van der Waals surface area contributed by atoms with Gasteiger partial charge in [-0.2, -0.15) is 0 Å². The molecule has 0 amide bonds. The standard InChI is InChI=1S/C20H29N3O2S2/c1-12(17-9-7-6-8-10-17)11-21-27(24,25)20-16(5)26-15(4)18(20)19-13(2)14(3)22-23-19/h6-10,12-14,19,21-23H,11H2,1-5H3. The number of nitrogens with one attached hydrogen (secondary N) is 3. The molecule has 27 heavy (non-hydrogen) atoms. The average molecular weight is 408 g/mol. The Balaban J connectivity index is 1.86. The number of hydrazine groups is 1. The van der Waals surface area contributed by atoms with Crippen LogP contribution in [0.3, 0.4) is 0 Å². The monoisotopic (exact) mass is 407 g/mol. The fourth-order valence-electron chi connectivity index (χ4n) is 3.69. The average Bonchev–Trinajstić information content (AvgIpc) is 3.12. The molecule has 4 unspecified atom stereocenters. The van der Waals surface area contributed by atoms with E-state index >= 15 is 0 Å². The summed E-state index contributed by atoms with van der Waals surface area (Å²) in [6.45, 7) is 10.6. The van der Waals surface area contributed by atoms with Crippen LogP contribution in [-0.4, -0.2) is 21.0 Å². The van der Waals surface area contributed by atoms with Crippen molar-refractivity contribution in [3.05, 3.63) is 51.2 Å². The van der Waals surface area contributed by atoms with Crippen molar-refractivity contribution < 1.29 is 8.42 Å². The minimum absolute atomic E-state index is 0.0110. The number of benzene rings is 1. The normalized spacial score (nSPS) is 24.3. The summed E-state index contributed by atoms with van der Waals surface area (Å²) >= 11 is 1.56. The van der Waals surface area contributed by atoms with E-state index in [9.17, 15) is 8.42 Å². The molecule has 5 nitrogen and oxygen atoms in total.